The van der Waals surface area contributed by atoms with Crippen molar-refractivity contribution in [3.8, 4) is 0 Å². The van der Waals surface area contributed by atoms with Gasteiger partial charge in [-0.2, -0.15) is 0 Å². The zero-order valence-corrected chi connectivity index (χ0v) is 15.5. The molecule has 1 aromatic carbocycles. The van der Waals surface area contributed by atoms with Gasteiger partial charge in [0, 0.05) is 19.2 Å². The molecule has 0 spiro atoms. The first-order valence-corrected chi connectivity index (χ1v) is 9.59. The molecule has 0 aliphatic heterocycles. The molecule has 3 aromatic rings. The smallest absolute Gasteiger partial charge is 0.222 e. The molecule has 146 valence electrons. The predicted octanol–water partition coefficient (Wildman–Crippen LogP) is 1.94. The minimum Gasteiger partial charge on any atom is -0.393 e. The molecule has 1 saturated carbocycles. The number of pyridine rings is 1. The number of imidazole rings is 1. The molecule has 7 heteroatoms. The molecule has 28 heavy (non-hydrogen) atoms. The number of amides is 1. The van der Waals surface area contributed by atoms with Gasteiger partial charge in [-0.25, -0.2) is 4.98 Å². The number of hydrogen-bond acceptors (Lipinski definition) is 5. The summed E-state index contributed by atoms with van der Waals surface area (Å²) in [6, 6.07) is 13.1. The van der Waals surface area contributed by atoms with Crippen LogP contribution in [-0.2, 0) is 17.9 Å². The van der Waals surface area contributed by atoms with Gasteiger partial charge in [0.2, 0.25) is 5.91 Å². The van der Waals surface area contributed by atoms with E-state index in [4.69, 9.17) is 0 Å². The largest absolute Gasteiger partial charge is 0.393 e. The van der Waals surface area contributed by atoms with E-state index in [1.54, 1.807) is 6.20 Å². The average molecular weight is 380 g/mol. The molecular weight excluding hydrogens is 356 g/mol. The molecule has 1 aliphatic rings. The first kappa shape index (κ1) is 18.6. The summed E-state index contributed by atoms with van der Waals surface area (Å²) in [5.41, 5.74) is 2.53. The van der Waals surface area contributed by atoms with E-state index in [0.29, 0.717) is 25.2 Å². The Balaban J connectivity index is 1.46. The van der Waals surface area contributed by atoms with E-state index < -0.39 is 0 Å². The summed E-state index contributed by atoms with van der Waals surface area (Å²) < 4.78 is 1.89. The number of fused-ring (bicyclic) bond motifs is 1. The molecule has 0 saturated heterocycles. The van der Waals surface area contributed by atoms with Crippen LogP contribution >= 0.6 is 0 Å². The fourth-order valence-electron chi connectivity index (χ4n) is 3.85. The van der Waals surface area contributed by atoms with Crippen LogP contribution in [0.4, 0.5) is 0 Å². The third-order valence-corrected chi connectivity index (χ3v) is 5.38. The van der Waals surface area contributed by atoms with Crippen molar-refractivity contribution < 1.29 is 15.0 Å². The van der Waals surface area contributed by atoms with Gasteiger partial charge in [0.05, 0.1) is 28.9 Å². The SMILES string of the molecule is O=C(CCn1c(CO)nc2ccccc21)N[C@@H](c1ccccn1)C1CC(O)C1. The van der Waals surface area contributed by atoms with Crippen LogP contribution in [0.25, 0.3) is 11.0 Å². The lowest BCUT2D eigenvalue weighted by molar-refractivity contribution is -0.123. The maximum absolute atomic E-state index is 12.7. The zero-order chi connectivity index (χ0) is 19.5. The van der Waals surface area contributed by atoms with Gasteiger partial charge >= 0.3 is 0 Å². The molecule has 2 aromatic heterocycles. The number of aryl methyl sites for hydroxylation is 1. The number of nitrogens with one attached hydrogen (secondary N) is 1. The van der Waals surface area contributed by atoms with Crippen molar-refractivity contribution in [3.05, 3.63) is 60.2 Å². The zero-order valence-electron chi connectivity index (χ0n) is 15.5. The lowest BCUT2D eigenvalue weighted by Crippen LogP contribution is -2.42. The molecule has 4 rings (SSSR count). The highest BCUT2D eigenvalue weighted by Gasteiger charge is 2.36. The van der Waals surface area contributed by atoms with Crippen molar-refractivity contribution in [1.82, 2.24) is 19.9 Å². The minimum atomic E-state index is -0.294. The van der Waals surface area contributed by atoms with E-state index >= 15 is 0 Å². The van der Waals surface area contributed by atoms with Crippen molar-refractivity contribution in [1.29, 1.82) is 0 Å². The summed E-state index contributed by atoms with van der Waals surface area (Å²) in [6.07, 6.45) is 3.03. The van der Waals surface area contributed by atoms with E-state index in [-0.39, 0.29) is 37.0 Å². The highest BCUT2D eigenvalue weighted by Crippen LogP contribution is 2.37. The van der Waals surface area contributed by atoms with Crippen molar-refractivity contribution in [2.75, 3.05) is 0 Å². The Hall–Kier alpha value is -2.77. The maximum Gasteiger partial charge on any atom is 0.222 e. The number of aliphatic hydroxyl groups is 2. The molecule has 0 radical (unpaired) electrons. The van der Waals surface area contributed by atoms with Gasteiger partial charge in [-0.05, 0) is 43.0 Å². The molecule has 1 aliphatic carbocycles. The molecule has 1 amide bonds. The Labute approximate surface area is 163 Å². The van der Waals surface area contributed by atoms with Gasteiger partial charge < -0.3 is 20.1 Å². The maximum atomic E-state index is 12.7. The van der Waals surface area contributed by atoms with Gasteiger partial charge in [0.15, 0.2) is 0 Å². The third kappa shape index (κ3) is 3.76. The molecule has 0 unspecified atom stereocenters. The summed E-state index contributed by atoms with van der Waals surface area (Å²) in [5, 5.41) is 22.4. The van der Waals surface area contributed by atoms with Crippen LogP contribution in [0.3, 0.4) is 0 Å². The number of rotatable bonds is 7. The van der Waals surface area contributed by atoms with Crippen LogP contribution in [0.1, 0.15) is 36.8 Å². The molecule has 3 N–H and O–H groups in total. The standard InChI is InChI=1S/C21H24N4O3/c26-13-19-23-16-5-1-2-7-18(16)25(19)10-8-20(28)24-21(14-11-15(27)12-14)17-6-3-4-9-22-17/h1-7,9,14-15,21,26-27H,8,10-13H2,(H,24,28)/t14?,15?,21-/m1/s1. The highest BCUT2D eigenvalue weighted by molar-refractivity contribution is 5.78. The van der Waals surface area contributed by atoms with E-state index in [9.17, 15) is 15.0 Å². The Bertz CT molecular complexity index is 951. The monoisotopic (exact) mass is 380 g/mol. The van der Waals surface area contributed by atoms with Crippen LogP contribution in [0.5, 0.6) is 0 Å². The Morgan fingerprint density at radius 3 is 2.71 bits per heavy atom. The summed E-state index contributed by atoms with van der Waals surface area (Å²) in [6.45, 7) is 0.261. The predicted molar refractivity (Wildman–Crippen MR) is 104 cm³/mol. The number of hydrogen-bond donors (Lipinski definition) is 3. The van der Waals surface area contributed by atoms with Crippen molar-refractivity contribution in [3.63, 3.8) is 0 Å². The van der Waals surface area contributed by atoms with Gasteiger partial charge in [-0.1, -0.05) is 18.2 Å². The van der Waals surface area contributed by atoms with Crippen molar-refractivity contribution >= 4 is 16.9 Å². The topological polar surface area (TPSA) is 100 Å². The number of carbonyl (C=O) groups is 1. The first-order chi connectivity index (χ1) is 13.7. The van der Waals surface area contributed by atoms with E-state index in [1.807, 2.05) is 47.0 Å². The second-order valence-corrected chi connectivity index (χ2v) is 7.26. The van der Waals surface area contributed by atoms with Gasteiger partial charge in [0.25, 0.3) is 0 Å². The number of carbonyl (C=O) groups excluding carboxylic acids is 1. The first-order valence-electron chi connectivity index (χ1n) is 9.59. The Morgan fingerprint density at radius 1 is 1.21 bits per heavy atom. The third-order valence-electron chi connectivity index (χ3n) is 5.38. The molecule has 2 heterocycles. The van der Waals surface area contributed by atoms with Crippen molar-refractivity contribution in [2.24, 2.45) is 5.92 Å². The normalized spacial score (nSPS) is 19.9. The Kier molecular flexibility index (Phi) is 5.36. The molecule has 7 nitrogen and oxygen atoms in total. The van der Waals surface area contributed by atoms with E-state index in [2.05, 4.69) is 15.3 Å². The fourth-order valence-corrected chi connectivity index (χ4v) is 3.85. The van der Waals surface area contributed by atoms with E-state index in [0.717, 1.165) is 16.7 Å². The fraction of sp³-hybridized carbons (Fsp3) is 0.381. The van der Waals surface area contributed by atoms with Gasteiger partial charge in [-0.3, -0.25) is 9.78 Å². The highest BCUT2D eigenvalue weighted by atomic mass is 16.3. The Morgan fingerprint density at radius 2 is 2.00 bits per heavy atom. The van der Waals surface area contributed by atoms with Crippen LogP contribution < -0.4 is 5.32 Å². The van der Waals surface area contributed by atoms with Crippen molar-refractivity contribution in [2.45, 2.75) is 44.6 Å². The minimum absolute atomic E-state index is 0.0845. The van der Waals surface area contributed by atoms with Crippen LogP contribution in [0.2, 0.25) is 0 Å². The average Bonchev–Trinajstić information content (AvgIpc) is 3.07. The second kappa shape index (κ2) is 8.08. The number of nitrogens with zero attached hydrogens (tertiary/aromatic N) is 3. The molecule has 1 fully saturated rings. The van der Waals surface area contributed by atoms with Crippen LogP contribution in [0.15, 0.2) is 48.7 Å². The van der Waals surface area contributed by atoms with Crippen LogP contribution in [0, 0.1) is 5.92 Å². The van der Waals surface area contributed by atoms with Crippen LogP contribution in [-0.4, -0.2) is 36.8 Å². The summed E-state index contributed by atoms with van der Waals surface area (Å²) in [7, 11) is 0. The summed E-state index contributed by atoms with van der Waals surface area (Å²) in [4.78, 5) is 21.5. The quantitative estimate of drug-likeness (QED) is 0.582. The molecule has 0 bridgehead atoms. The van der Waals surface area contributed by atoms with Gasteiger partial charge in [0.1, 0.15) is 12.4 Å². The molecular formula is C21H24N4O3. The lowest BCUT2D eigenvalue weighted by Gasteiger charge is -2.37. The molecule has 1 atom stereocenters. The summed E-state index contributed by atoms with van der Waals surface area (Å²) >= 11 is 0. The van der Waals surface area contributed by atoms with E-state index in [1.165, 1.54) is 0 Å². The second-order valence-electron chi connectivity index (χ2n) is 7.26. The number of aromatic nitrogens is 3. The summed E-state index contributed by atoms with van der Waals surface area (Å²) in [5.74, 6) is 0.659. The lowest BCUT2D eigenvalue weighted by atomic mass is 9.76. The van der Waals surface area contributed by atoms with Gasteiger partial charge in [-0.15, -0.1) is 0 Å². The number of para-hydroxylation sites is 2. The number of aliphatic hydroxyl groups excluding tert-OH is 2. The number of benzene rings is 1.